The van der Waals surface area contributed by atoms with E-state index >= 15 is 0 Å². The van der Waals surface area contributed by atoms with Crippen LogP contribution in [0.4, 0.5) is 5.82 Å². The lowest BCUT2D eigenvalue weighted by atomic mass is 10.0. The third-order valence-electron chi connectivity index (χ3n) is 12.1. The number of nitrogen functional groups attached to an aromatic ring is 1. The summed E-state index contributed by atoms with van der Waals surface area (Å²) in [5, 5.41) is 31.0. The summed E-state index contributed by atoms with van der Waals surface area (Å²) in [6.45, 7) is 4.24. The van der Waals surface area contributed by atoms with E-state index < -0.39 is 89.8 Å². The van der Waals surface area contributed by atoms with Gasteiger partial charge < -0.3 is 45.1 Å². The van der Waals surface area contributed by atoms with Crippen LogP contribution in [0.25, 0.3) is 0 Å². The summed E-state index contributed by atoms with van der Waals surface area (Å²) >= 11 is 0. The number of aromatic nitrogens is 2. The number of unbranched alkanes of at least 4 members (excludes halogenated alkanes) is 14. The van der Waals surface area contributed by atoms with Gasteiger partial charge in [0.2, 0.25) is 0 Å². The van der Waals surface area contributed by atoms with Crippen LogP contribution < -0.4 is 11.4 Å². The maximum absolute atomic E-state index is 12.9. The lowest BCUT2D eigenvalue weighted by Gasteiger charge is -2.21. The van der Waals surface area contributed by atoms with E-state index in [2.05, 4.69) is 42.2 Å². The van der Waals surface area contributed by atoms with Crippen LogP contribution in [0.2, 0.25) is 0 Å². The van der Waals surface area contributed by atoms with Crippen molar-refractivity contribution in [1.82, 2.24) is 9.55 Å². The molecule has 0 saturated carbocycles. The predicted octanol–water partition coefficient (Wildman–Crippen LogP) is 10.9. The number of carbonyl (C=O) groups excluding carboxylic acids is 2. The third kappa shape index (κ3) is 34.1. The van der Waals surface area contributed by atoms with E-state index in [-0.39, 0.29) is 25.1 Å². The number of nitrogens with zero attached hydrogens (tertiary/aromatic N) is 2. The second-order valence-corrected chi connectivity index (χ2v) is 22.4. The van der Waals surface area contributed by atoms with E-state index in [0.717, 1.165) is 55.2 Å². The van der Waals surface area contributed by atoms with Crippen molar-refractivity contribution in [2.45, 2.75) is 212 Å². The number of anilines is 1. The van der Waals surface area contributed by atoms with Crippen molar-refractivity contribution >= 4 is 33.4 Å². The highest BCUT2D eigenvalue weighted by molar-refractivity contribution is 7.61. The third-order valence-corrected chi connectivity index (χ3v) is 14.7. The zero-order chi connectivity index (χ0) is 55.9. The average molecular weight is 1110 g/mol. The van der Waals surface area contributed by atoms with E-state index in [0.29, 0.717) is 25.7 Å². The summed E-state index contributed by atoms with van der Waals surface area (Å²) in [6.07, 6.45) is 38.8. The van der Waals surface area contributed by atoms with Crippen LogP contribution in [0.1, 0.15) is 181 Å². The molecule has 1 aliphatic rings. The number of phosphoric ester groups is 2. The molecule has 3 unspecified atom stereocenters. The molecule has 432 valence electrons. The Labute approximate surface area is 451 Å². The van der Waals surface area contributed by atoms with Gasteiger partial charge >= 0.3 is 33.3 Å². The summed E-state index contributed by atoms with van der Waals surface area (Å²) in [4.78, 5) is 62.0. The molecule has 0 aliphatic carbocycles. The largest absolute Gasteiger partial charge is 0.481 e. The van der Waals surface area contributed by atoms with Crippen molar-refractivity contribution in [1.29, 1.82) is 0 Å². The van der Waals surface area contributed by atoms with E-state index in [1.54, 1.807) is 12.2 Å². The number of ether oxygens (including phenoxy) is 3. The van der Waals surface area contributed by atoms with Crippen LogP contribution in [-0.2, 0) is 46.3 Å². The smallest absolute Gasteiger partial charge is 0.462 e. The Hall–Kier alpha value is -3.84. The summed E-state index contributed by atoms with van der Waals surface area (Å²) < 4.78 is 56.8. The molecule has 0 aromatic carbocycles. The number of aliphatic hydroxyl groups is 3. The van der Waals surface area contributed by atoms with Crippen molar-refractivity contribution < 1.29 is 71.4 Å². The second kappa shape index (κ2) is 41.2. The molecule has 76 heavy (non-hydrogen) atoms. The molecular formula is C55H91N3O16P2. The van der Waals surface area contributed by atoms with E-state index in [9.17, 15) is 48.6 Å². The molecule has 1 aromatic heterocycles. The SMILES string of the molecule is CC/C=C\C/C=C\CC(O)/C=C/C=C\C/C=C\C/C=C\CCC(=O)O[C@H](COC(=O)CCCCCCCCCCCCCCCCCC(C)C)COP(=O)(O)OP(=O)(O)OC[C@H]1O[C@@H](n2ccc(N)nc2=O)[C@H](O)[C@@H]1O. The van der Waals surface area contributed by atoms with E-state index in [4.69, 9.17) is 29.0 Å². The Balaban J connectivity index is 1.82. The first-order valence-electron chi connectivity index (χ1n) is 27.4. The molecule has 0 amide bonds. The van der Waals surface area contributed by atoms with Crippen molar-refractivity contribution in [3.63, 3.8) is 0 Å². The second-order valence-electron chi connectivity index (χ2n) is 19.4. The van der Waals surface area contributed by atoms with Gasteiger partial charge in [0.1, 0.15) is 30.7 Å². The minimum atomic E-state index is -5.46. The number of hydrogen-bond acceptors (Lipinski definition) is 16. The van der Waals surface area contributed by atoms with Gasteiger partial charge in [0.05, 0.1) is 19.3 Å². The molecule has 2 rings (SSSR count). The molecule has 2 heterocycles. The van der Waals surface area contributed by atoms with Gasteiger partial charge in [0.25, 0.3) is 0 Å². The molecule has 0 bridgehead atoms. The highest BCUT2D eigenvalue weighted by Crippen LogP contribution is 2.60. The van der Waals surface area contributed by atoms with Gasteiger partial charge in [-0.1, -0.05) is 190 Å². The standard InChI is InChI=1S/C55H91N3O16P2/c1-4-5-6-7-26-31-36-46(59)37-32-27-22-18-15-16-20-24-29-34-39-51(61)72-47(42-69-50(60)38-33-28-23-19-14-12-10-8-9-11-13-17-21-25-30-35-45(2)3)43-70-75(65,66)74-76(67,68)71-44-48-52(62)53(63)54(73-48)58-41-40-49(56)57-55(58)64/h5-6,15-16,22,24,26-27,29,31-32,37,40-41,45-48,52-54,59,62-63H,4,7-14,17-21,23,25,28,30,33-36,38-39,42-44H2,1-3H3,(H,65,66)(H,67,68)(H2,56,57,64)/b6-5-,16-15-,27-22-,29-24-,31-26-,37-32+/t46?,47-,48-,52-,53-,54-/m1/s1. The Morgan fingerprint density at radius 1 is 0.737 bits per heavy atom. The molecule has 1 aromatic rings. The van der Waals surface area contributed by atoms with Gasteiger partial charge in [-0.3, -0.25) is 23.2 Å². The molecule has 1 aliphatic heterocycles. The van der Waals surface area contributed by atoms with Crippen molar-refractivity contribution in [2.75, 3.05) is 25.6 Å². The highest BCUT2D eigenvalue weighted by Gasteiger charge is 2.46. The maximum Gasteiger partial charge on any atom is 0.481 e. The normalized spacial score (nSPS) is 19.8. The van der Waals surface area contributed by atoms with Gasteiger partial charge in [0, 0.05) is 19.0 Å². The van der Waals surface area contributed by atoms with Gasteiger partial charge in [-0.2, -0.15) is 9.29 Å². The van der Waals surface area contributed by atoms with Crippen molar-refractivity contribution in [3.05, 3.63) is 95.7 Å². The van der Waals surface area contributed by atoms with Gasteiger partial charge in [-0.25, -0.2) is 13.9 Å². The van der Waals surface area contributed by atoms with E-state index in [1.165, 1.54) is 76.7 Å². The first kappa shape index (κ1) is 68.3. The number of carbonyl (C=O) groups is 2. The number of allylic oxidation sites excluding steroid dienone is 10. The fourth-order valence-electron chi connectivity index (χ4n) is 7.84. The highest BCUT2D eigenvalue weighted by atomic mass is 31.3. The van der Waals surface area contributed by atoms with Crippen LogP contribution >= 0.6 is 15.6 Å². The zero-order valence-corrected chi connectivity index (χ0v) is 47.1. The number of nitrogens with two attached hydrogens (primary N) is 1. The fourth-order valence-corrected chi connectivity index (χ4v) is 9.95. The van der Waals surface area contributed by atoms with Crippen molar-refractivity contribution in [2.24, 2.45) is 5.92 Å². The molecule has 0 spiro atoms. The van der Waals surface area contributed by atoms with Crippen LogP contribution in [0.3, 0.4) is 0 Å². The summed E-state index contributed by atoms with van der Waals surface area (Å²) in [7, 11) is -10.9. The summed E-state index contributed by atoms with van der Waals surface area (Å²) in [5.74, 6) is -0.633. The Morgan fingerprint density at radius 2 is 1.30 bits per heavy atom. The number of esters is 2. The Bertz CT molecular complexity index is 2090. The topological polar surface area (TPSA) is 286 Å². The maximum atomic E-state index is 12.9. The summed E-state index contributed by atoms with van der Waals surface area (Å²) in [5.41, 5.74) is 4.58. The molecule has 8 atom stereocenters. The molecule has 1 fully saturated rings. The molecule has 1 saturated heterocycles. The van der Waals surface area contributed by atoms with Gasteiger partial charge in [0.15, 0.2) is 12.3 Å². The van der Waals surface area contributed by atoms with Crippen LogP contribution in [0, 0.1) is 5.92 Å². The van der Waals surface area contributed by atoms with Crippen LogP contribution in [-0.4, -0.2) is 96.9 Å². The van der Waals surface area contributed by atoms with Crippen LogP contribution in [0.5, 0.6) is 0 Å². The minimum absolute atomic E-state index is 0.100. The number of aliphatic hydroxyl groups excluding tert-OH is 3. The lowest BCUT2D eigenvalue weighted by molar-refractivity contribution is -0.161. The minimum Gasteiger partial charge on any atom is -0.462 e. The molecule has 0 radical (unpaired) electrons. The first-order valence-corrected chi connectivity index (χ1v) is 30.4. The lowest BCUT2D eigenvalue weighted by Crippen LogP contribution is -2.36. The first-order chi connectivity index (χ1) is 36.4. The Morgan fingerprint density at radius 3 is 1.92 bits per heavy atom. The molecule has 7 N–H and O–H groups in total. The molecule has 19 nitrogen and oxygen atoms in total. The van der Waals surface area contributed by atoms with E-state index in [1.807, 2.05) is 48.6 Å². The monoisotopic (exact) mass is 1110 g/mol. The fraction of sp³-hybridized carbons (Fsp3) is 0.673. The average Bonchev–Trinajstić information content (AvgIpc) is 3.64. The zero-order valence-electron chi connectivity index (χ0n) is 45.3. The molecule has 21 heteroatoms. The molecular weight excluding hydrogens is 1020 g/mol. The predicted molar refractivity (Wildman–Crippen MR) is 294 cm³/mol. The van der Waals surface area contributed by atoms with Gasteiger partial charge in [-0.15, -0.1) is 0 Å². The number of phosphoric acid groups is 2. The Kier molecular flexibility index (Phi) is 37.0. The van der Waals surface area contributed by atoms with Crippen LogP contribution in [0.15, 0.2) is 90.0 Å². The quantitative estimate of drug-likeness (QED) is 0.0116. The van der Waals surface area contributed by atoms with Crippen molar-refractivity contribution in [3.8, 4) is 0 Å². The number of rotatable bonds is 44. The number of hydrogen-bond donors (Lipinski definition) is 6. The van der Waals surface area contributed by atoms with Gasteiger partial charge in [-0.05, 0) is 56.9 Å². The summed E-state index contributed by atoms with van der Waals surface area (Å²) in [6, 6.07) is 1.24.